The number of para-hydroxylation sites is 1. The van der Waals surface area contributed by atoms with Crippen LogP contribution in [-0.2, 0) is 11.7 Å². The number of rotatable bonds is 9. The first kappa shape index (κ1) is 30.4. The van der Waals surface area contributed by atoms with E-state index < -0.39 is 23.5 Å². The minimum absolute atomic E-state index is 0.0725. The van der Waals surface area contributed by atoms with Gasteiger partial charge in [0.05, 0.1) is 11.6 Å². The molecule has 1 aliphatic heterocycles. The molecule has 6 nitrogen and oxygen atoms in total. The van der Waals surface area contributed by atoms with Crippen LogP contribution < -0.4 is 10.1 Å². The maximum Gasteiger partial charge on any atom is 0.436 e. The number of halogens is 5. The summed E-state index contributed by atoms with van der Waals surface area (Å²) in [4.78, 5) is 2.10. The van der Waals surface area contributed by atoms with Crippen LogP contribution in [0.15, 0.2) is 83.4 Å². The van der Waals surface area contributed by atoms with Gasteiger partial charge in [-0.25, -0.2) is 8.78 Å². The molecule has 3 unspecified atom stereocenters. The summed E-state index contributed by atoms with van der Waals surface area (Å²) in [5.74, 6) is -0.378. The van der Waals surface area contributed by atoms with Gasteiger partial charge < -0.3 is 19.7 Å². The highest BCUT2D eigenvalue weighted by molar-refractivity contribution is 5.70. The number of aliphatic hydroxyl groups excluding tert-OH is 1. The van der Waals surface area contributed by atoms with Crippen molar-refractivity contribution in [3.8, 4) is 5.75 Å². The summed E-state index contributed by atoms with van der Waals surface area (Å²) in [6, 6.07) is 19.8. The fourth-order valence-electron chi connectivity index (χ4n) is 5.39. The van der Waals surface area contributed by atoms with Gasteiger partial charge in [0, 0.05) is 31.3 Å². The summed E-state index contributed by atoms with van der Waals surface area (Å²) in [7, 11) is 0. The molecule has 1 saturated heterocycles. The van der Waals surface area contributed by atoms with Crippen LogP contribution in [0.3, 0.4) is 0 Å². The van der Waals surface area contributed by atoms with Crippen molar-refractivity contribution in [1.29, 1.82) is 0 Å². The molecule has 3 atom stereocenters. The lowest BCUT2D eigenvalue weighted by Gasteiger charge is -2.51. The van der Waals surface area contributed by atoms with Gasteiger partial charge in [-0.1, -0.05) is 47.6 Å². The van der Waals surface area contributed by atoms with E-state index in [2.05, 4.69) is 15.4 Å². The predicted octanol–water partition coefficient (Wildman–Crippen LogP) is 6.44. The first-order valence-corrected chi connectivity index (χ1v) is 13.7. The number of hydrogen-bond acceptors (Lipinski definition) is 6. The largest absolute Gasteiger partial charge is 0.490 e. The van der Waals surface area contributed by atoms with Crippen LogP contribution in [0.5, 0.6) is 5.75 Å². The number of nitrogens with zero attached hydrogens (tertiary/aromatic N) is 2. The second-order valence-electron chi connectivity index (χ2n) is 10.5. The van der Waals surface area contributed by atoms with E-state index >= 15 is 0 Å². The first-order valence-electron chi connectivity index (χ1n) is 13.7. The topological polar surface area (TPSA) is 70.8 Å². The summed E-state index contributed by atoms with van der Waals surface area (Å²) in [5, 5.41) is 17.7. The van der Waals surface area contributed by atoms with Crippen molar-refractivity contribution in [2.24, 2.45) is 0 Å². The Morgan fingerprint density at radius 1 is 1.05 bits per heavy atom. The Hall–Kier alpha value is -4.06. The summed E-state index contributed by atoms with van der Waals surface area (Å²) in [5.41, 5.74) is 0.368. The lowest BCUT2D eigenvalue weighted by molar-refractivity contribution is -0.142. The quantitative estimate of drug-likeness (QED) is 0.216. The molecule has 0 saturated carbocycles. The Labute approximate surface area is 245 Å². The summed E-state index contributed by atoms with van der Waals surface area (Å²) in [6.07, 6.45) is -2.65. The number of ether oxygens (including phenoxy) is 1. The van der Waals surface area contributed by atoms with Crippen LogP contribution in [0.1, 0.15) is 41.1 Å². The minimum Gasteiger partial charge on any atom is -0.490 e. The van der Waals surface area contributed by atoms with E-state index in [4.69, 9.17) is 9.26 Å². The molecule has 3 aromatic carbocycles. The second-order valence-corrected chi connectivity index (χ2v) is 10.5. The van der Waals surface area contributed by atoms with Crippen molar-refractivity contribution in [1.82, 2.24) is 15.4 Å². The van der Waals surface area contributed by atoms with Gasteiger partial charge in [-0.15, -0.1) is 0 Å². The fourth-order valence-corrected chi connectivity index (χ4v) is 5.39. The Bertz CT molecular complexity index is 1540. The van der Waals surface area contributed by atoms with E-state index in [1.807, 2.05) is 6.92 Å². The number of nitrogens with one attached hydrogen (secondary N) is 1. The second kappa shape index (κ2) is 12.7. The van der Waals surface area contributed by atoms with Crippen molar-refractivity contribution < 1.29 is 36.3 Å². The van der Waals surface area contributed by atoms with Gasteiger partial charge in [-0.2, -0.15) is 13.2 Å². The highest BCUT2D eigenvalue weighted by Crippen LogP contribution is 2.42. The van der Waals surface area contributed by atoms with Gasteiger partial charge in [0.1, 0.15) is 30.1 Å². The van der Waals surface area contributed by atoms with Crippen molar-refractivity contribution in [3.05, 3.63) is 119 Å². The molecule has 43 heavy (non-hydrogen) atoms. The van der Waals surface area contributed by atoms with Crippen LogP contribution in [0, 0.1) is 11.6 Å². The molecule has 0 spiro atoms. The monoisotopic (exact) mass is 599 g/mol. The van der Waals surface area contributed by atoms with E-state index in [9.17, 15) is 27.1 Å². The van der Waals surface area contributed by atoms with Crippen LogP contribution >= 0.6 is 0 Å². The zero-order valence-electron chi connectivity index (χ0n) is 23.2. The molecule has 0 amide bonds. The fraction of sp³-hybridized carbons (Fsp3) is 0.281. The van der Waals surface area contributed by atoms with Gasteiger partial charge >= 0.3 is 6.18 Å². The summed E-state index contributed by atoms with van der Waals surface area (Å²) < 4.78 is 76.8. The number of piperazine rings is 1. The van der Waals surface area contributed by atoms with Gasteiger partial charge in [0.25, 0.3) is 0 Å². The van der Waals surface area contributed by atoms with Gasteiger partial charge in [-0.05, 0) is 60.5 Å². The molecule has 1 aliphatic rings. The highest BCUT2D eigenvalue weighted by atomic mass is 19.4. The van der Waals surface area contributed by atoms with Crippen LogP contribution in [0.25, 0.3) is 12.2 Å². The summed E-state index contributed by atoms with van der Waals surface area (Å²) in [6.45, 7) is 3.30. The lowest BCUT2D eigenvalue weighted by atomic mass is 9.77. The van der Waals surface area contributed by atoms with Crippen molar-refractivity contribution in [2.45, 2.75) is 30.8 Å². The van der Waals surface area contributed by atoms with Gasteiger partial charge in [0.2, 0.25) is 0 Å². The number of hydrogen-bond donors (Lipinski definition) is 2. The maximum atomic E-state index is 13.9. The Balaban J connectivity index is 1.32. The predicted molar refractivity (Wildman–Crippen MR) is 151 cm³/mol. The molecule has 2 heterocycles. The molecule has 1 fully saturated rings. The average Bonchev–Trinajstić information content (AvgIpc) is 3.47. The molecule has 0 aliphatic carbocycles. The van der Waals surface area contributed by atoms with E-state index in [1.54, 1.807) is 48.5 Å². The highest BCUT2D eigenvalue weighted by Gasteiger charge is 2.45. The summed E-state index contributed by atoms with van der Waals surface area (Å²) >= 11 is 0. The molecule has 4 aromatic rings. The normalized spacial score (nSPS) is 20.4. The molecule has 0 radical (unpaired) electrons. The van der Waals surface area contributed by atoms with E-state index in [0.717, 1.165) is 17.2 Å². The smallest absolute Gasteiger partial charge is 0.436 e. The third-order valence-corrected chi connectivity index (χ3v) is 7.61. The number of β-amino-alcohol motifs (C(OH)–C–C–N with tert-alkyl or cyclic N) is 1. The minimum atomic E-state index is -4.61. The number of alkyl halides is 3. The Morgan fingerprint density at radius 3 is 2.40 bits per heavy atom. The zero-order valence-corrected chi connectivity index (χ0v) is 23.2. The van der Waals surface area contributed by atoms with Crippen LogP contribution in [0.2, 0.25) is 0 Å². The molecule has 1 aromatic heterocycles. The molecule has 5 rings (SSSR count). The SMILES string of the molecule is CC1(c2ccc(F)cc2)C(c2ccc(F)cc2)NCCN1CC(O)COc1ccccc1/C=C/c1cc(C(F)(F)F)no1. The van der Waals surface area contributed by atoms with Gasteiger partial charge in [-0.3, -0.25) is 4.90 Å². The lowest BCUT2D eigenvalue weighted by Crippen LogP contribution is -2.60. The first-order chi connectivity index (χ1) is 20.5. The average molecular weight is 600 g/mol. The van der Waals surface area contributed by atoms with Crippen molar-refractivity contribution in [2.75, 3.05) is 26.2 Å². The third-order valence-electron chi connectivity index (χ3n) is 7.61. The third kappa shape index (κ3) is 6.96. The maximum absolute atomic E-state index is 13.9. The van der Waals surface area contributed by atoms with Crippen molar-refractivity contribution in [3.63, 3.8) is 0 Å². The Kier molecular flexibility index (Phi) is 8.95. The zero-order chi connectivity index (χ0) is 30.6. The van der Waals surface area contributed by atoms with E-state index in [1.165, 1.54) is 36.4 Å². The van der Waals surface area contributed by atoms with Crippen molar-refractivity contribution >= 4 is 12.2 Å². The number of aromatic nitrogens is 1. The number of benzene rings is 3. The van der Waals surface area contributed by atoms with Gasteiger partial charge in [0.15, 0.2) is 11.5 Å². The van der Waals surface area contributed by atoms with Crippen LogP contribution in [-0.4, -0.2) is 47.5 Å². The van der Waals surface area contributed by atoms with Crippen LogP contribution in [0.4, 0.5) is 22.0 Å². The molecule has 0 bridgehead atoms. The molecular weight excluding hydrogens is 569 g/mol. The molecule has 11 heteroatoms. The molecule has 2 N–H and O–H groups in total. The number of aliphatic hydroxyl groups is 1. The Morgan fingerprint density at radius 2 is 1.72 bits per heavy atom. The molecule has 226 valence electrons. The molecular formula is C32H30F5N3O3. The van der Waals surface area contributed by atoms with E-state index in [-0.39, 0.29) is 36.6 Å². The van der Waals surface area contributed by atoms with E-state index in [0.29, 0.717) is 24.4 Å². The standard InChI is InChI=1S/C32H30F5N3O3/c1-31(23-9-13-25(34)14-10-23)30(22-6-11-24(33)12-7-22)38-16-17-40(31)19-26(41)20-42-28-5-3-2-4-21(28)8-15-27-18-29(39-43-27)32(35,36)37/h2-15,18,26,30,38,41H,16-17,19-20H2,1H3/b15-8+.